The van der Waals surface area contributed by atoms with Crippen LogP contribution >= 0.6 is 0 Å². The standard InChI is InChI=1S/C4H8N2O3.CH4/c5-2(4(8)9)1-3(6)7;/h2H,1,5H2,(H2,6,7)(H,8,9);1H4/t2-;/m1./s1. The molecular formula is C5H12N2O3. The van der Waals surface area contributed by atoms with Crippen molar-refractivity contribution >= 4 is 11.9 Å². The summed E-state index contributed by atoms with van der Waals surface area (Å²) in [6.45, 7) is 0. The fourth-order valence-electron chi connectivity index (χ4n) is 0.304. The van der Waals surface area contributed by atoms with Crippen molar-refractivity contribution < 1.29 is 14.7 Å². The lowest BCUT2D eigenvalue weighted by Crippen LogP contribution is -2.34. The van der Waals surface area contributed by atoms with Crippen LogP contribution in [0.5, 0.6) is 0 Å². The lowest BCUT2D eigenvalue weighted by molar-refractivity contribution is -0.140. The topological polar surface area (TPSA) is 106 Å². The van der Waals surface area contributed by atoms with E-state index < -0.39 is 17.9 Å². The van der Waals surface area contributed by atoms with Crippen LogP contribution in [0.1, 0.15) is 13.8 Å². The molecule has 1 atom stereocenters. The van der Waals surface area contributed by atoms with Gasteiger partial charge in [-0.3, -0.25) is 9.59 Å². The fourth-order valence-corrected chi connectivity index (χ4v) is 0.304. The quantitative estimate of drug-likeness (QED) is 0.472. The molecule has 0 saturated carbocycles. The Morgan fingerprint density at radius 1 is 1.50 bits per heavy atom. The third kappa shape index (κ3) is 5.04. The van der Waals surface area contributed by atoms with Gasteiger partial charge in [0.25, 0.3) is 0 Å². The molecule has 0 saturated heterocycles. The molecule has 0 aliphatic heterocycles. The van der Waals surface area contributed by atoms with Gasteiger partial charge in [-0.2, -0.15) is 0 Å². The summed E-state index contributed by atoms with van der Waals surface area (Å²) in [6.07, 6.45) is -0.310. The smallest absolute Gasteiger partial charge is 0.321 e. The maximum atomic E-state index is 9.99. The second-order valence-corrected chi connectivity index (χ2v) is 1.62. The molecule has 5 N–H and O–H groups in total. The molecule has 0 spiro atoms. The third-order valence-corrected chi connectivity index (χ3v) is 0.738. The van der Waals surface area contributed by atoms with Crippen LogP contribution in [-0.2, 0) is 9.59 Å². The number of carbonyl (C=O) groups is 2. The van der Waals surface area contributed by atoms with E-state index in [1.807, 2.05) is 0 Å². The van der Waals surface area contributed by atoms with Crippen molar-refractivity contribution in [2.45, 2.75) is 19.9 Å². The van der Waals surface area contributed by atoms with Gasteiger partial charge in [-0.15, -0.1) is 0 Å². The average Bonchev–Trinajstić information content (AvgIpc) is 1.63. The van der Waals surface area contributed by atoms with Gasteiger partial charge < -0.3 is 16.6 Å². The van der Waals surface area contributed by atoms with Crippen molar-refractivity contribution in [1.82, 2.24) is 0 Å². The van der Waals surface area contributed by atoms with Gasteiger partial charge in [-0.05, 0) is 0 Å². The first-order valence-electron chi connectivity index (χ1n) is 2.30. The zero-order chi connectivity index (χ0) is 7.44. The van der Waals surface area contributed by atoms with E-state index in [9.17, 15) is 9.59 Å². The lowest BCUT2D eigenvalue weighted by atomic mass is 10.2. The van der Waals surface area contributed by atoms with Crippen molar-refractivity contribution in [3.63, 3.8) is 0 Å². The first kappa shape index (κ1) is 11.7. The number of carbonyl (C=O) groups excluding carboxylic acids is 1. The van der Waals surface area contributed by atoms with E-state index >= 15 is 0 Å². The summed E-state index contributed by atoms with van der Waals surface area (Å²) in [5.74, 6) is -1.92. The van der Waals surface area contributed by atoms with Crippen LogP contribution in [0, 0.1) is 0 Å². The Morgan fingerprint density at radius 3 is 2.00 bits per heavy atom. The van der Waals surface area contributed by atoms with Crippen molar-refractivity contribution in [2.24, 2.45) is 11.5 Å². The number of primary amides is 1. The zero-order valence-electron chi connectivity index (χ0n) is 4.70. The number of hydrogen-bond acceptors (Lipinski definition) is 3. The largest absolute Gasteiger partial charge is 0.480 e. The van der Waals surface area contributed by atoms with Crippen molar-refractivity contribution in [3.05, 3.63) is 0 Å². The molecule has 0 radical (unpaired) electrons. The molecule has 0 aromatic rings. The molecule has 0 aromatic heterocycles. The fraction of sp³-hybridized carbons (Fsp3) is 0.600. The van der Waals surface area contributed by atoms with Crippen LogP contribution in [-0.4, -0.2) is 23.0 Å². The number of hydrogen-bond donors (Lipinski definition) is 3. The molecule has 0 aliphatic carbocycles. The number of carboxylic acid groups (broad SMARTS) is 1. The van der Waals surface area contributed by atoms with Crippen LogP contribution < -0.4 is 11.5 Å². The van der Waals surface area contributed by atoms with Crippen LogP contribution in [0.25, 0.3) is 0 Å². The van der Waals surface area contributed by atoms with E-state index in [0.29, 0.717) is 0 Å². The van der Waals surface area contributed by atoms with Crippen molar-refractivity contribution in [2.75, 3.05) is 0 Å². The van der Waals surface area contributed by atoms with Gasteiger partial charge in [0.05, 0.1) is 6.42 Å². The second-order valence-electron chi connectivity index (χ2n) is 1.62. The highest BCUT2D eigenvalue weighted by molar-refractivity contribution is 5.82. The Morgan fingerprint density at radius 2 is 1.90 bits per heavy atom. The monoisotopic (exact) mass is 148 g/mol. The molecule has 1 amide bonds. The molecule has 0 unspecified atom stereocenters. The highest BCUT2D eigenvalue weighted by Gasteiger charge is 2.13. The Labute approximate surface area is 59.0 Å². The Kier molecular flexibility index (Phi) is 5.54. The van der Waals surface area contributed by atoms with Crippen LogP contribution in [0.4, 0.5) is 0 Å². The van der Waals surface area contributed by atoms with Crippen LogP contribution in [0.3, 0.4) is 0 Å². The lowest BCUT2D eigenvalue weighted by Gasteiger charge is -1.99. The summed E-state index contributed by atoms with van der Waals surface area (Å²) in [5, 5.41) is 8.10. The summed E-state index contributed by atoms with van der Waals surface area (Å²) in [5.41, 5.74) is 9.57. The summed E-state index contributed by atoms with van der Waals surface area (Å²) >= 11 is 0. The molecule has 5 nitrogen and oxygen atoms in total. The molecule has 0 aromatic carbocycles. The second kappa shape index (κ2) is 4.75. The first-order chi connectivity index (χ1) is 4.04. The normalized spacial score (nSPS) is 11.3. The van der Waals surface area contributed by atoms with Gasteiger partial charge in [0.15, 0.2) is 0 Å². The molecule has 0 aliphatic rings. The molecule has 0 heterocycles. The predicted octanol–water partition coefficient (Wildman–Crippen LogP) is -1.09. The van der Waals surface area contributed by atoms with E-state index in [0.717, 1.165) is 0 Å². The highest BCUT2D eigenvalue weighted by atomic mass is 16.4. The van der Waals surface area contributed by atoms with Crippen molar-refractivity contribution in [1.29, 1.82) is 0 Å². The summed E-state index contributed by atoms with van der Waals surface area (Å²) in [6, 6.07) is -1.16. The number of nitrogens with two attached hydrogens (primary N) is 2. The van der Waals surface area contributed by atoms with E-state index in [-0.39, 0.29) is 13.8 Å². The molecule has 0 bridgehead atoms. The Balaban J connectivity index is 0. The average molecular weight is 148 g/mol. The van der Waals surface area contributed by atoms with Crippen molar-refractivity contribution in [3.8, 4) is 0 Å². The number of rotatable bonds is 3. The highest BCUT2D eigenvalue weighted by Crippen LogP contribution is 1.84. The first-order valence-corrected chi connectivity index (χ1v) is 2.30. The van der Waals surface area contributed by atoms with E-state index in [1.165, 1.54) is 0 Å². The summed E-state index contributed by atoms with van der Waals surface area (Å²) < 4.78 is 0. The third-order valence-electron chi connectivity index (χ3n) is 0.738. The summed E-state index contributed by atoms with van der Waals surface area (Å²) in [4.78, 5) is 19.9. The zero-order valence-corrected chi connectivity index (χ0v) is 4.70. The Hall–Kier alpha value is -1.10. The summed E-state index contributed by atoms with van der Waals surface area (Å²) in [7, 11) is 0. The van der Waals surface area contributed by atoms with Gasteiger partial charge in [-0.1, -0.05) is 7.43 Å². The SMILES string of the molecule is C.NC(=O)C[C@@H](N)C(=O)O. The number of amides is 1. The minimum absolute atomic E-state index is 0. The Bertz CT molecular complexity index is 135. The van der Waals surface area contributed by atoms with E-state index in [1.54, 1.807) is 0 Å². The molecule has 60 valence electrons. The maximum absolute atomic E-state index is 9.99. The van der Waals surface area contributed by atoms with Gasteiger partial charge in [0, 0.05) is 0 Å². The maximum Gasteiger partial charge on any atom is 0.321 e. The van der Waals surface area contributed by atoms with Crippen LogP contribution in [0.15, 0.2) is 0 Å². The van der Waals surface area contributed by atoms with Crippen LogP contribution in [0.2, 0.25) is 0 Å². The van der Waals surface area contributed by atoms with Gasteiger partial charge in [0.1, 0.15) is 6.04 Å². The van der Waals surface area contributed by atoms with E-state index in [4.69, 9.17) is 10.8 Å². The molecule has 0 fully saturated rings. The van der Waals surface area contributed by atoms with Gasteiger partial charge >= 0.3 is 5.97 Å². The minimum atomic E-state index is -1.21. The van der Waals surface area contributed by atoms with Gasteiger partial charge in [0.2, 0.25) is 5.91 Å². The number of carboxylic acids is 1. The number of aliphatic carboxylic acids is 1. The molecule has 0 rings (SSSR count). The molecule has 10 heavy (non-hydrogen) atoms. The van der Waals surface area contributed by atoms with Gasteiger partial charge in [-0.25, -0.2) is 0 Å². The molecular weight excluding hydrogens is 136 g/mol. The van der Waals surface area contributed by atoms with E-state index in [2.05, 4.69) is 5.73 Å². The molecule has 5 heteroatoms. The predicted molar refractivity (Wildman–Crippen MR) is 36.2 cm³/mol. The minimum Gasteiger partial charge on any atom is -0.480 e.